The second-order valence-corrected chi connectivity index (χ2v) is 4.00. The summed E-state index contributed by atoms with van der Waals surface area (Å²) in [6.07, 6.45) is 0. The molecule has 0 bridgehead atoms. The Kier molecular flexibility index (Phi) is 3.69. The average Bonchev–Trinajstić information content (AvgIpc) is 2.17. The first kappa shape index (κ1) is 12.0. The lowest BCUT2D eigenvalue weighted by Gasteiger charge is -2.14. The fourth-order valence-electron chi connectivity index (χ4n) is 1.14. The van der Waals surface area contributed by atoms with Gasteiger partial charge < -0.3 is 5.32 Å². The van der Waals surface area contributed by atoms with E-state index in [4.69, 9.17) is 11.6 Å². The highest BCUT2D eigenvalue weighted by atomic mass is 35.5. The van der Waals surface area contributed by atoms with Gasteiger partial charge in [-0.05, 0) is 31.5 Å². The summed E-state index contributed by atoms with van der Waals surface area (Å²) in [4.78, 5) is 10.9. The maximum atomic E-state index is 13.5. The molecule has 1 amide bonds. The van der Waals surface area contributed by atoms with E-state index in [-0.39, 0.29) is 11.8 Å². The monoisotopic (exact) mass is 229 g/mol. The maximum absolute atomic E-state index is 13.5. The first-order valence-electron chi connectivity index (χ1n) is 4.59. The SMILES string of the molecule is CC(C)(F)c1ccc(NC(=O)CCl)cc1. The maximum Gasteiger partial charge on any atom is 0.239 e. The molecule has 0 saturated heterocycles. The molecule has 0 aliphatic heterocycles. The first-order valence-corrected chi connectivity index (χ1v) is 5.12. The van der Waals surface area contributed by atoms with Crippen molar-refractivity contribution < 1.29 is 9.18 Å². The second kappa shape index (κ2) is 4.62. The Bertz CT molecular complexity index is 343. The minimum atomic E-state index is -1.37. The highest BCUT2D eigenvalue weighted by Gasteiger charge is 2.17. The van der Waals surface area contributed by atoms with E-state index in [1.54, 1.807) is 24.3 Å². The normalized spacial score (nSPS) is 11.2. The van der Waals surface area contributed by atoms with Gasteiger partial charge in [0.25, 0.3) is 0 Å². The Hall–Kier alpha value is -1.09. The van der Waals surface area contributed by atoms with Crippen molar-refractivity contribution in [1.82, 2.24) is 0 Å². The van der Waals surface area contributed by atoms with Crippen molar-refractivity contribution in [1.29, 1.82) is 0 Å². The van der Waals surface area contributed by atoms with Gasteiger partial charge in [0.2, 0.25) is 5.91 Å². The van der Waals surface area contributed by atoms with Crippen LogP contribution in [0.1, 0.15) is 19.4 Å². The number of hydrogen-bond donors (Lipinski definition) is 1. The summed E-state index contributed by atoms with van der Waals surface area (Å²) in [7, 11) is 0. The third-order valence-electron chi connectivity index (χ3n) is 1.98. The Labute approximate surface area is 93.4 Å². The number of halogens is 2. The minimum absolute atomic E-state index is 0.0869. The van der Waals surface area contributed by atoms with Crippen LogP contribution in [0.5, 0.6) is 0 Å². The molecule has 15 heavy (non-hydrogen) atoms. The number of anilines is 1. The lowest BCUT2D eigenvalue weighted by atomic mass is 10.0. The number of rotatable bonds is 3. The molecule has 0 saturated carbocycles. The fourth-order valence-corrected chi connectivity index (χ4v) is 1.21. The first-order chi connectivity index (χ1) is 6.93. The van der Waals surface area contributed by atoms with Crippen LogP contribution in [-0.4, -0.2) is 11.8 Å². The molecule has 0 atom stereocenters. The van der Waals surface area contributed by atoms with Crippen LogP contribution in [0.3, 0.4) is 0 Å². The summed E-state index contributed by atoms with van der Waals surface area (Å²) in [6.45, 7) is 2.97. The van der Waals surface area contributed by atoms with Gasteiger partial charge in [-0.3, -0.25) is 4.79 Å². The van der Waals surface area contributed by atoms with Crippen LogP contribution in [0.2, 0.25) is 0 Å². The van der Waals surface area contributed by atoms with Crippen LogP contribution in [0.25, 0.3) is 0 Å². The van der Waals surface area contributed by atoms with Crippen molar-refractivity contribution in [2.45, 2.75) is 19.5 Å². The van der Waals surface area contributed by atoms with Gasteiger partial charge >= 0.3 is 0 Å². The summed E-state index contributed by atoms with van der Waals surface area (Å²) in [5, 5.41) is 2.58. The summed E-state index contributed by atoms with van der Waals surface area (Å²) < 4.78 is 13.5. The number of nitrogens with one attached hydrogen (secondary N) is 1. The summed E-state index contributed by atoms with van der Waals surface area (Å²) >= 11 is 5.33. The summed E-state index contributed by atoms with van der Waals surface area (Å²) in [6, 6.07) is 6.59. The molecule has 0 aliphatic carbocycles. The van der Waals surface area contributed by atoms with Gasteiger partial charge in [-0.25, -0.2) is 4.39 Å². The summed E-state index contributed by atoms with van der Waals surface area (Å²) in [5.74, 6) is -0.361. The molecule has 2 nitrogen and oxygen atoms in total. The second-order valence-electron chi connectivity index (χ2n) is 3.73. The van der Waals surface area contributed by atoms with E-state index in [1.165, 1.54) is 13.8 Å². The smallest absolute Gasteiger partial charge is 0.239 e. The summed E-state index contributed by atoms with van der Waals surface area (Å²) in [5.41, 5.74) is -0.172. The van der Waals surface area contributed by atoms with E-state index < -0.39 is 5.67 Å². The molecule has 0 aliphatic rings. The van der Waals surface area contributed by atoms with Crippen LogP contribution in [-0.2, 0) is 10.5 Å². The van der Waals surface area contributed by atoms with Gasteiger partial charge in [0.1, 0.15) is 11.5 Å². The van der Waals surface area contributed by atoms with E-state index >= 15 is 0 Å². The molecule has 0 heterocycles. The standard InChI is InChI=1S/C11H13ClFNO/c1-11(2,13)8-3-5-9(6-4-8)14-10(15)7-12/h3-6H,7H2,1-2H3,(H,14,15). The Morgan fingerprint density at radius 2 is 1.93 bits per heavy atom. The van der Waals surface area contributed by atoms with Crippen LogP contribution in [0, 0.1) is 0 Å². The average molecular weight is 230 g/mol. The molecule has 1 N–H and O–H groups in total. The van der Waals surface area contributed by atoms with E-state index in [0.717, 1.165) is 0 Å². The number of carbonyl (C=O) groups excluding carboxylic acids is 1. The molecular weight excluding hydrogens is 217 g/mol. The van der Waals surface area contributed by atoms with Crippen molar-refractivity contribution in [2.24, 2.45) is 0 Å². The highest BCUT2D eigenvalue weighted by molar-refractivity contribution is 6.29. The van der Waals surface area contributed by atoms with Crippen molar-refractivity contribution >= 4 is 23.2 Å². The molecule has 0 aromatic heterocycles. The molecule has 0 spiro atoms. The van der Waals surface area contributed by atoms with Gasteiger partial charge in [-0.2, -0.15) is 0 Å². The van der Waals surface area contributed by atoms with Gasteiger partial charge in [0.05, 0.1) is 0 Å². The van der Waals surface area contributed by atoms with Crippen LogP contribution < -0.4 is 5.32 Å². The number of hydrogen-bond acceptors (Lipinski definition) is 1. The van der Waals surface area contributed by atoms with Crippen LogP contribution >= 0.6 is 11.6 Å². The molecule has 1 aromatic rings. The lowest BCUT2D eigenvalue weighted by molar-refractivity contribution is -0.113. The van der Waals surface area contributed by atoms with Crippen molar-refractivity contribution in [3.8, 4) is 0 Å². The fraction of sp³-hybridized carbons (Fsp3) is 0.364. The number of carbonyl (C=O) groups is 1. The van der Waals surface area contributed by atoms with E-state index in [2.05, 4.69) is 5.32 Å². The highest BCUT2D eigenvalue weighted by Crippen LogP contribution is 2.25. The zero-order valence-corrected chi connectivity index (χ0v) is 9.44. The van der Waals surface area contributed by atoms with Crippen molar-refractivity contribution in [2.75, 3.05) is 11.2 Å². The molecule has 0 radical (unpaired) electrons. The molecule has 4 heteroatoms. The van der Waals surface area contributed by atoms with Crippen LogP contribution in [0.15, 0.2) is 24.3 Å². The third-order valence-corrected chi connectivity index (χ3v) is 2.22. The number of benzene rings is 1. The zero-order chi connectivity index (χ0) is 11.5. The van der Waals surface area contributed by atoms with E-state index in [9.17, 15) is 9.18 Å². The third kappa shape index (κ3) is 3.51. The largest absolute Gasteiger partial charge is 0.325 e. The molecule has 0 fully saturated rings. The van der Waals surface area contributed by atoms with E-state index in [0.29, 0.717) is 11.3 Å². The van der Waals surface area contributed by atoms with Gasteiger partial charge in [0, 0.05) is 5.69 Å². The van der Waals surface area contributed by atoms with E-state index in [1.807, 2.05) is 0 Å². The number of alkyl halides is 2. The predicted molar refractivity (Wildman–Crippen MR) is 59.9 cm³/mol. The van der Waals surface area contributed by atoms with Crippen molar-refractivity contribution in [3.05, 3.63) is 29.8 Å². The Balaban J connectivity index is 2.77. The lowest BCUT2D eigenvalue weighted by Crippen LogP contribution is -2.13. The van der Waals surface area contributed by atoms with Gasteiger partial charge in [-0.15, -0.1) is 11.6 Å². The Morgan fingerprint density at radius 1 is 1.40 bits per heavy atom. The molecule has 1 rings (SSSR count). The van der Waals surface area contributed by atoms with Crippen molar-refractivity contribution in [3.63, 3.8) is 0 Å². The molecule has 1 aromatic carbocycles. The minimum Gasteiger partial charge on any atom is -0.325 e. The van der Waals surface area contributed by atoms with Gasteiger partial charge in [-0.1, -0.05) is 12.1 Å². The molecule has 82 valence electrons. The number of amides is 1. The zero-order valence-electron chi connectivity index (χ0n) is 8.68. The molecular formula is C11H13ClFNO. The quantitative estimate of drug-likeness (QED) is 0.793. The van der Waals surface area contributed by atoms with Crippen LogP contribution in [0.4, 0.5) is 10.1 Å². The molecule has 0 unspecified atom stereocenters. The predicted octanol–water partition coefficient (Wildman–Crippen LogP) is 3.07. The Morgan fingerprint density at radius 3 is 2.33 bits per heavy atom. The van der Waals surface area contributed by atoms with Gasteiger partial charge in [0.15, 0.2) is 0 Å². The topological polar surface area (TPSA) is 29.1 Å².